The first-order valence-electron chi connectivity index (χ1n) is 5.17. The Morgan fingerprint density at radius 1 is 0.929 bits per heavy atom. The van der Waals surface area contributed by atoms with Crippen molar-refractivity contribution in [2.24, 2.45) is 0 Å². The Hall–Kier alpha value is 0.0500. The van der Waals surface area contributed by atoms with Crippen LogP contribution in [0.4, 0.5) is 0 Å². The lowest BCUT2D eigenvalue weighted by Crippen LogP contribution is -2.10. The molecule has 0 atom stereocenters. The van der Waals surface area contributed by atoms with E-state index in [1.165, 1.54) is 0 Å². The molecule has 0 saturated heterocycles. The Balaban J connectivity index is 4.36. The van der Waals surface area contributed by atoms with E-state index in [1.807, 2.05) is 39.8 Å². The highest BCUT2D eigenvalue weighted by Crippen LogP contribution is 2.61. The molecule has 0 spiro atoms. The van der Waals surface area contributed by atoms with Crippen LogP contribution in [0.5, 0.6) is 0 Å². The van der Waals surface area contributed by atoms with Gasteiger partial charge in [0.15, 0.2) is 6.16 Å². The van der Waals surface area contributed by atoms with Gasteiger partial charge in [-0.25, -0.2) is 0 Å². The molecule has 0 saturated carbocycles. The van der Waals surface area contributed by atoms with Crippen LogP contribution in [0.3, 0.4) is 0 Å². The van der Waals surface area contributed by atoms with Crippen LogP contribution in [0.2, 0.25) is 0 Å². The lowest BCUT2D eigenvalue weighted by Gasteiger charge is -2.19. The quantitative estimate of drug-likeness (QED) is 0.464. The minimum Gasteiger partial charge on any atom is -0.178 e. The molecule has 0 aromatic rings. The summed E-state index contributed by atoms with van der Waals surface area (Å²) < 4.78 is 16.9. The SMILES string of the molecule is C/C=C\C[P+](OCC)(OCC)OCC. The molecule has 0 aliphatic heterocycles. The summed E-state index contributed by atoms with van der Waals surface area (Å²) in [5.74, 6) is 0. The molecule has 0 rings (SSSR count). The van der Waals surface area contributed by atoms with E-state index in [0.29, 0.717) is 19.8 Å². The third-order valence-electron chi connectivity index (χ3n) is 1.54. The van der Waals surface area contributed by atoms with Crippen molar-refractivity contribution in [3.8, 4) is 0 Å². The van der Waals surface area contributed by atoms with Crippen LogP contribution in [0.15, 0.2) is 12.2 Å². The summed E-state index contributed by atoms with van der Waals surface area (Å²) in [7, 11) is -2.10. The maximum absolute atomic E-state index is 5.63. The number of hydrogen-bond donors (Lipinski definition) is 0. The van der Waals surface area contributed by atoms with Gasteiger partial charge in [0.25, 0.3) is 0 Å². The van der Waals surface area contributed by atoms with Crippen molar-refractivity contribution >= 4 is 7.94 Å². The molecule has 0 radical (unpaired) electrons. The summed E-state index contributed by atoms with van der Waals surface area (Å²) in [6.45, 7) is 9.76. The average Bonchev–Trinajstić information content (AvgIpc) is 2.16. The van der Waals surface area contributed by atoms with E-state index in [9.17, 15) is 0 Å². The van der Waals surface area contributed by atoms with Crippen molar-refractivity contribution in [3.05, 3.63) is 12.2 Å². The van der Waals surface area contributed by atoms with Crippen LogP contribution >= 0.6 is 7.94 Å². The van der Waals surface area contributed by atoms with E-state index in [1.54, 1.807) is 0 Å². The van der Waals surface area contributed by atoms with Gasteiger partial charge in [0.2, 0.25) is 0 Å². The summed E-state index contributed by atoms with van der Waals surface area (Å²) in [6, 6.07) is 0. The van der Waals surface area contributed by atoms with E-state index in [2.05, 4.69) is 0 Å². The minimum absolute atomic E-state index is 0.630. The molecule has 0 aromatic carbocycles. The molecule has 0 amide bonds. The third kappa shape index (κ3) is 5.06. The Morgan fingerprint density at radius 2 is 1.36 bits per heavy atom. The summed E-state index contributed by atoms with van der Waals surface area (Å²) in [5, 5.41) is 0. The van der Waals surface area contributed by atoms with Crippen molar-refractivity contribution in [2.45, 2.75) is 27.7 Å². The van der Waals surface area contributed by atoms with Gasteiger partial charge in [0, 0.05) is 0 Å². The highest BCUT2D eigenvalue weighted by atomic mass is 31.2. The van der Waals surface area contributed by atoms with Gasteiger partial charge in [-0.05, 0) is 33.8 Å². The minimum atomic E-state index is -2.10. The average molecular weight is 221 g/mol. The molecule has 0 heterocycles. The molecule has 14 heavy (non-hydrogen) atoms. The lowest BCUT2D eigenvalue weighted by atomic mass is 10.6. The molecule has 0 bridgehead atoms. The predicted octanol–water partition coefficient (Wildman–Crippen LogP) is 3.43. The molecule has 0 aliphatic rings. The van der Waals surface area contributed by atoms with Crippen LogP contribution in [0.1, 0.15) is 27.7 Å². The zero-order valence-corrected chi connectivity index (χ0v) is 10.5. The van der Waals surface area contributed by atoms with Gasteiger partial charge < -0.3 is 0 Å². The second-order valence-corrected chi connectivity index (χ2v) is 4.98. The first-order valence-corrected chi connectivity index (χ1v) is 6.90. The second kappa shape index (κ2) is 8.37. The summed E-state index contributed by atoms with van der Waals surface area (Å²) in [6.07, 6.45) is 4.76. The lowest BCUT2D eigenvalue weighted by molar-refractivity contribution is 0.153. The molecule has 3 nitrogen and oxygen atoms in total. The first-order chi connectivity index (χ1) is 6.74. The van der Waals surface area contributed by atoms with Crippen LogP contribution in [0.25, 0.3) is 0 Å². The number of hydrogen-bond acceptors (Lipinski definition) is 3. The molecule has 4 heteroatoms. The van der Waals surface area contributed by atoms with E-state index < -0.39 is 7.94 Å². The molecule has 0 unspecified atom stereocenters. The zero-order chi connectivity index (χ0) is 10.9. The van der Waals surface area contributed by atoms with Crippen LogP contribution in [0, 0.1) is 0 Å². The fourth-order valence-electron chi connectivity index (χ4n) is 1.09. The van der Waals surface area contributed by atoms with Gasteiger partial charge in [-0.3, -0.25) is 0 Å². The van der Waals surface area contributed by atoms with Crippen LogP contribution < -0.4 is 0 Å². The Bertz CT molecular complexity index is 142. The number of rotatable bonds is 8. The van der Waals surface area contributed by atoms with E-state index in [-0.39, 0.29) is 0 Å². The fourth-order valence-corrected chi connectivity index (χ4v) is 3.28. The summed E-state index contributed by atoms with van der Waals surface area (Å²) in [5.41, 5.74) is 0. The number of allylic oxidation sites excluding steroid dienone is 2. The fraction of sp³-hybridized carbons (Fsp3) is 0.800. The molecule has 0 N–H and O–H groups in total. The van der Waals surface area contributed by atoms with Crippen molar-refractivity contribution < 1.29 is 13.6 Å². The smallest absolute Gasteiger partial charge is 0.178 e. The van der Waals surface area contributed by atoms with Gasteiger partial charge in [-0.1, -0.05) is 6.08 Å². The normalized spacial score (nSPS) is 12.6. The Labute approximate surface area is 88.0 Å². The first kappa shape index (κ1) is 14.1. The predicted molar refractivity (Wildman–Crippen MR) is 61.5 cm³/mol. The van der Waals surface area contributed by atoms with Crippen molar-refractivity contribution in [1.82, 2.24) is 0 Å². The Kier molecular flexibility index (Phi) is 8.40. The van der Waals surface area contributed by atoms with E-state index in [0.717, 1.165) is 6.16 Å². The molecule has 84 valence electrons. The molecule has 0 aromatic heterocycles. The largest absolute Gasteiger partial charge is 0.415 e. The highest BCUT2D eigenvalue weighted by molar-refractivity contribution is 7.61. The monoisotopic (exact) mass is 221 g/mol. The van der Waals surface area contributed by atoms with Gasteiger partial charge in [-0.15, -0.1) is 0 Å². The van der Waals surface area contributed by atoms with Crippen molar-refractivity contribution in [1.29, 1.82) is 0 Å². The van der Waals surface area contributed by atoms with E-state index in [4.69, 9.17) is 13.6 Å². The van der Waals surface area contributed by atoms with Crippen LogP contribution in [-0.4, -0.2) is 26.0 Å². The van der Waals surface area contributed by atoms with Crippen molar-refractivity contribution in [2.75, 3.05) is 26.0 Å². The van der Waals surface area contributed by atoms with E-state index >= 15 is 0 Å². The highest BCUT2D eigenvalue weighted by Gasteiger charge is 2.42. The molecular formula is C10H22O3P+. The molecular weight excluding hydrogens is 199 g/mol. The summed E-state index contributed by atoms with van der Waals surface area (Å²) >= 11 is 0. The maximum atomic E-state index is 5.63. The maximum Gasteiger partial charge on any atom is 0.415 e. The zero-order valence-electron chi connectivity index (χ0n) is 9.66. The molecule has 0 fully saturated rings. The topological polar surface area (TPSA) is 27.7 Å². The van der Waals surface area contributed by atoms with Crippen molar-refractivity contribution in [3.63, 3.8) is 0 Å². The second-order valence-electron chi connectivity index (χ2n) is 2.62. The molecule has 0 aliphatic carbocycles. The van der Waals surface area contributed by atoms with Gasteiger partial charge in [0.05, 0.1) is 19.8 Å². The van der Waals surface area contributed by atoms with Gasteiger partial charge in [-0.2, -0.15) is 13.6 Å². The standard InChI is InChI=1S/C10H22O3P/c1-5-9-10-14(11-6-2,12-7-3)13-8-4/h5,9H,6-8,10H2,1-4H3/q+1/b9-5-. The van der Waals surface area contributed by atoms with Crippen LogP contribution in [-0.2, 0) is 13.6 Å². The van der Waals surface area contributed by atoms with Gasteiger partial charge >= 0.3 is 7.94 Å². The Morgan fingerprint density at radius 3 is 1.64 bits per heavy atom. The third-order valence-corrected chi connectivity index (χ3v) is 4.15. The summed E-state index contributed by atoms with van der Waals surface area (Å²) in [4.78, 5) is 0. The van der Waals surface area contributed by atoms with Gasteiger partial charge in [0.1, 0.15) is 0 Å².